The van der Waals surface area contributed by atoms with Gasteiger partial charge in [-0.05, 0) is 49.5 Å². The van der Waals surface area contributed by atoms with Crippen LogP contribution in [-0.2, 0) is 0 Å². The van der Waals surface area contributed by atoms with Gasteiger partial charge in [-0.25, -0.2) is 0 Å². The van der Waals surface area contributed by atoms with Crippen molar-refractivity contribution >= 4 is 17.5 Å². The van der Waals surface area contributed by atoms with E-state index >= 15 is 0 Å². The fraction of sp³-hybridized carbons (Fsp3) is 0.533. The van der Waals surface area contributed by atoms with Crippen LogP contribution in [0.15, 0.2) is 18.2 Å². The van der Waals surface area contributed by atoms with Crippen LogP contribution in [0, 0.1) is 5.41 Å². The molecule has 0 spiro atoms. The number of benzene rings is 1. The highest BCUT2D eigenvalue weighted by molar-refractivity contribution is 6.30. The smallest absolute Gasteiger partial charge is 0.255 e. The molecule has 0 bridgehead atoms. The number of halogens is 1. The number of rotatable bonds is 4. The summed E-state index contributed by atoms with van der Waals surface area (Å²) in [7, 11) is 1.54. The molecule has 0 aromatic heterocycles. The molecule has 110 valence electrons. The summed E-state index contributed by atoms with van der Waals surface area (Å²) in [5.74, 6) is 0.392. The SMILES string of the molecule is COc1cc(Cl)ccc1C(=O)NCC1(C)CCNCC1. The van der Waals surface area contributed by atoms with Crippen LogP contribution in [0.1, 0.15) is 30.1 Å². The van der Waals surface area contributed by atoms with Crippen LogP contribution in [0.3, 0.4) is 0 Å². The highest BCUT2D eigenvalue weighted by atomic mass is 35.5. The second kappa shape index (κ2) is 6.46. The second-order valence-corrected chi connectivity index (χ2v) is 6.02. The van der Waals surface area contributed by atoms with E-state index in [1.807, 2.05) is 0 Å². The van der Waals surface area contributed by atoms with Crippen LogP contribution in [0.4, 0.5) is 0 Å². The highest BCUT2D eigenvalue weighted by Gasteiger charge is 2.27. The fourth-order valence-electron chi connectivity index (χ4n) is 2.45. The Balaban J connectivity index is 2.01. The first-order valence-electron chi connectivity index (χ1n) is 6.86. The lowest BCUT2D eigenvalue weighted by Crippen LogP contribution is -2.42. The maximum Gasteiger partial charge on any atom is 0.255 e. The third kappa shape index (κ3) is 3.64. The first-order valence-corrected chi connectivity index (χ1v) is 7.24. The predicted molar refractivity (Wildman–Crippen MR) is 80.5 cm³/mol. The van der Waals surface area contributed by atoms with Gasteiger partial charge in [0.15, 0.2) is 0 Å². The zero-order valence-electron chi connectivity index (χ0n) is 12.0. The van der Waals surface area contributed by atoms with Gasteiger partial charge in [0.1, 0.15) is 5.75 Å². The van der Waals surface area contributed by atoms with Gasteiger partial charge in [-0.3, -0.25) is 4.79 Å². The summed E-state index contributed by atoms with van der Waals surface area (Å²) in [5.41, 5.74) is 0.690. The van der Waals surface area contributed by atoms with E-state index in [0.29, 0.717) is 22.9 Å². The van der Waals surface area contributed by atoms with E-state index in [2.05, 4.69) is 17.6 Å². The van der Waals surface area contributed by atoms with E-state index in [4.69, 9.17) is 16.3 Å². The summed E-state index contributed by atoms with van der Waals surface area (Å²) in [6, 6.07) is 5.05. The number of amides is 1. The monoisotopic (exact) mass is 296 g/mol. The Morgan fingerprint density at radius 1 is 1.45 bits per heavy atom. The van der Waals surface area contributed by atoms with Gasteiger partial charge >= 0.3 is 0 Å². The Labute approximate surface area is 124 Å². The summed E-state index contributed by atoms with van der Waals surface area (Å²) in [6.45, 7) is 4.92. The Morgan fingerprint density at radius 3 is 2.80 bits per heavy atom. The molecule has 1 aromatic rings. The van der Waals surface area contributed by atoms with E-state index in [-0.39, 0.29) is 11.3 Å². The largest absolute Gasteiger partial charge is 0.496 e. The van der Waals surface area contributed by atoms with Gasteiger partial charge in [-0.1, -0.05) is 18.5 Å². The Bertz CT molecular complexity index is 485. The zero-order chi connectivity index (χ0) is 14.6. The molecule has 2 rings (SSSR count). The molecule has 20 heavy (non-hydrogen) atoms. The minimum atomic E-state index is -0.113. The molecule has 1 aromatic carbocycles. The maximum atomic E-state index is 12.3. The summed E-state index contributed by atoms with van der Waals surface area (Å²) in [5, 5.41) is 6.91. The molecule has 1 saturated heterocycles. The lowest BCUT2D eigenvalue weighted by molar-refractivity contribution is 0.0919. The predicted octanol–water partition coefficient (Wildman–Crippen LogP) is 2.47. The third-order valence-corrected chi connectivity index (χ3v) is 4.13. The number of ether oxygens (including phenoxy) is 1. The van der Waals surface area contributed by atoms with Crippen LogP contribution in [0.5, 0.6) is 5.75 Å². The molecule has 1 aliphatic heterocycles. The lowest BCUT2D eigenvalue weighted by atomic mass is 9.81. The summed E-state index contributed by atoms with van der Waals surface area (Å²) in [4.78, 5) is 12.3. The number of hydrogen-bond acceptors (Lipinski definition) is 3. The first-order chi connectivity index (χ1) is 9.54. The normalized spacial score (nSPS) is 17.6. The van der Waals surface area contributed by atoms with Gasteiger partial charge in [0.2, 0.25) is 0 Å². The van der Waals surface area contributed by atoms with Gasteiger partial charge in [0.25, 0.3) is 5.91 Å². The second-order valence-electron chi connectivity index (χ2n) is 5.59. The van der Waals surface area contributed by atoms with Crippen molar-refractivity contribution in [3.8, 4) is 5.75 Å². The van der Waals surface area contributed by atoms with Crippen molar-refractivity contribution in [2.24, 2.45) is 5.41 Å². The molecular formula is C15H21ClN2O2. The Hall–Kier alpha value is -1.26. The van der Waals surface area contributed by atoms with E-state index in [0.717, 1.165) is 25.9 Å². The molecule has 1 fully saturated rings. The molecule has 0 saturated carbocycles. The van der Waals surface area contributed by atoms with E-state index in [1.165, 1.54) is 7.11 Å². The van der Waals surface area contributed by atoms with Gasteiger partial charge in [-0.2, -0.15) is 0 Å². The fourth-order valence-corrected chi connectivity index (χ4v) is 2.61. The van der Waals surface area contributed by atoms with Crippen molar-refractivity contribution in [3.63, 3.8) is 0 Å². The standard InChI is InChI=1S/C15H21ClN2O2/c1-15(5-7-17-8-6-15)10-18-14(19)12-4-3-11(16)9-13(12)20-2/h3-4,9,17H,5-8,10H2,1-2H3,(H,18,19). The maximum absolute atomic E-state index is 12.3. The van der Waals surface area contributed by atoms with Crippen LogP contribution in [0.25, 0.3) is 0 Å². The minimum absolute atomic E-state index is 0.113. The highest BCUT2D eigenvalue weighted by Crippen LogP contribution is 2.27. The van der Waals surface area contributed by atoms with Gasteiger partial charge in [-0.15, -0.1) is 0 Å². The Kier molecular flexibility index (Phi) is 4.89. The number of carbonyl (C=O) groups is 1. The van der Waals surface area contributed by atoms with Crippen molar-refractivity contribution in [3.05, 3.63) is 28.8 Å². The molecule has 5 heteroatoms. The quantitative estimate of drug-likeness (QED) is 0.897. The van der Waals surface area contributed by atoms with E-state index in [9.17, 15) is 4.79 Å². The van der Waals surface area contributed by atoms with E-state index < -0.39 is 0 Å². The molecule has 0 atom stereocenters. The van der Waals surface area contributed by atoms with Crippen molar-refractivity contribution in [2.75, 3.05) is 26.7 Å². The zero-order valence-corrected chi connectivity index (χ0v) is 12.7. The molecular weight excluding hydrogens is 276 g/mol. The van der Waals surface area contributed by atoms with E-state index in [1.54, 1.807) is 18.2 Å². The lowest BCUT2D eigenvalue weighted by Gasteiger charge is -2.34. The molecule has 1 heterocycles. The van der Waals surface area contributed by atoms with Crippen LogP contribution in [0.2, 0.25) is 5.02 Å². The average molecular weight is 297 g/mol. The van der Waals surface area contributed by atoms with Crippen molar-refractivity contribution < 1.29 is 9.53 Å². The van der Waals surface area contributed by atoms with Gasteiger partial charge in [0.05, 0.1) is 12.7 Å². The van der Waals surface area contributed by atoms with Crippen molar-refractivity contribution in [1.29, 1.82) is 0 Å². The number of carbonyl (C=O) groups excluding carboxylic acids is 1. The van der Waals surface area contributed by atoms with Crippen molar-refractivity contribution in [1.82, 2.24) is 10.6 Å². The number of piperidine rings is 1. The van der Waals surface area contributed by atoms with Gasteiger partial charge in [0, 0.05) is 11.6 Å². The molecule has 4 nitrogen and oxygen atoms in total. The molecule has 1 aliphatic rings. The first kappa shape index (κ1) is 15.1. The topological polar surface area (TPSA) is 50.4 Å². The number of nitrogens with one attached hydrogen (secondary N) is 2. The molecule has 0 aliphatic carbocycles. The molecule has 1 amide bonds. The van der Waals surface area contributed by atoms with Crippen LogP contribution >= 0.6 is 11.6 Å². The van der Waals surface area contributed by atoms with Gasteiger partial charge < -0.3 is 15.4 Å². The van der Waals surface area contributed by atoms with Crippen LogP contribution < -0.4 is 15.4 Å². The van der Waals surface area contributed by atoms with Crippen molar-refractivity contribution in [2.45, 2.75) is 19.8 Å². The molecule has 2 N–H and O–H groups in total. The molecule has 0 radical (unpaired) electrons. The minimum Gasteiger partial charge on any atom is -0.496 e. The summed E-state index contributed by atoms with van der Waals surface area (Å²) < 4.78 is 5.21. The molecule has 0 unspecified atom stereocenters. The number of hydrogen-bond donors (Lipinski definition) is 2. The Morgan fingerprint density at radius 2 is 2.15 bits per heavy atom. The average Bonchev–Trinajstić information content (AvgIpc) is 2.45. The van der Waals surface area contributed by atoms with Crippen LogP contribution in [-0.4, -0.2) is 32.7 Å². The third-order valence-electron chi connectivity index (χ3n) is 3.89. The summed E-state index contributed by atoms with van der Waals surface area (Å²) in [6.07, 6.45) is 2.15. The number of methoxy groups -OCH3 is 1. The summed E-state index contributed by atoms with van der Waals surface area (Å²) >= 11 is 5.90.